The van der Waals surface area contributed by atoms with Crippen molar-refractivity contribution < 1.29 is 22.7 Å². The van der Waals surface area contributed by atoms with E-state index in [1.54, 1.807) is 37.4 Å². The van der Waals surface area contributed by atoms with Crippen molar-refractivity contribution in [1.82, 2.24) is 14.6 Å². The summed E-state index contributed by atoms with van der Waals surface area (Å²) in [6.07, 6.45) is 5.12. The van der Waals surface area contributed by atoms with Crippen LogP contribution in [-0.4, -0.2) is 63.1 Å². The number of methoxy groups -OCH3 is 1. The van der Waals surface area contributed by atoms with E-state index in [4.69, 9.17) is 9.47 Å². The molecule has 8 nitrogen and oxygen atoms in total. The van der Waals surface area contributed by atoms with Crippen LogP contribution in [0, 0.1) is 13.8 Å². The highest BCUT2D eigenvalue weighted by Crippen LogP contribution is 2.32. The predicted molar refractivity (Wildman–Crippen MR) is 140 cm³/mol. The number of nitrogens with one attached hydrogen (secondary N) is 2. The lowest BCUT2D eigenvalue weighted by Crippen LogP contribution is -2.46. The van der Waals surface area contributed by atoms with Gasteiger partial charge < -0.3 is 19.8 Å². The van der Waals surface area contributed by atoms with Crippen molar-refractivity contribution in [3.63, 3.8) is 0 Å². The maximum atomic E-state index is 13.6. The Labute approximate surface area is 213 Å². The average molecular weight is 514 g/mol. The number of nitrogens with zero attached hydrogens (tertiary/aromatic N) is 1. The van der Waals surface area contributed by atoms with Gasteiger partial charge in [-0.2, -0.15) is 4.31 Å². The Kier molecular flexibility index (Phi) is 8.33. The number of fused-ring (bicyclic) bond motifs is 1. The number of carbonyl (C=O) groups excluding carboxylic acids is 1. The second-order valence-corrected chi connectivity index (χ2v) is 11.2. The van der Waals surface area contributed by atoms with Gasteiger partial charge in [0.05, 0.1) is 18.6 Å². The molecule has 9 heteroatoms. The third-order valence-electron chi connectivity index (χ3n) is 6.74. The molecule has 0 spiro atoms. The van der Waals surface area contributed by atoms with Crippen LogP contribution in [-0.2, 0) is 26.0 Å². The molecule has 0 bridgehead atoms. The molecule has 4 rings (SSSR count). The van der Waals surface area contributed by atoms with Gasteiger partial charge in [-0.1, -0.05) is 24.6 Å². The zero-order chi connectivity index (χ0) is 25.7. The van der Waals surface area contributed by atoms with E-state index < -0.39 is 10.0 Å². The lowest BCUT2D eigenvalue weighted by Gasteiger charge is -2.35. The molecule has 1 aliphatic rings. The van der Waals surface area contributed by atoms with Crippen molar-refractivity contribution >= 4 is 26.8 Å². The number of piperidine rings is 1. The normalized spacial score (nSPS) is 16.8. The molecule has 2 heterocycles. The Morgan fingerprint density at radius 2 is 1.92 bits per heavy atom. The molecule has 1 atom stereocenters. The molecule has 1 amide bonds. The first-order chi connectivity index (χ1) is 17.3. The van der Waals surface area contributed by atoms with Crippen molar-refractivity contribution in [3.05, 3.63) is 59.3 Å². The van der Waals surface area contributed by atoms with Crippen molar-refractivity contribution in [1.29, 1.82) is 0 Å². The molecule has 2 N–H and O–H groups in total. The van der Waals surface area contributed by atoms with Crippen LogP contribution in [0.5, 0.6) is 5.75 Å². The van der Waals surface area contributed by atoms with Crippen LogP contribution < -0.4 is 10.1 Å². The van der Waals surface area contributed by atoms with E-state index in [1.165, 1.54) is 0 Å². The number of sulfonamides is 1. The number of para-hydroxylation sites is 1. The second kappa shape index (κ2) is 11.5. The summed E-state index contributed by atoms with van der Waals surface area (Å²) in [7, 11) is -2.14. The maximum Gasteiger partial charge on any atom is 0.246 e. The van der Waals surface area contributed by atoms with Gasteiger partial charge in [-0.3, -0.25) is 4.79 Å². The van der Waals surface area contributed by atoms with Crippen LogP contribution in [0.3, 0.4) is 0 Å². The minimum Gasteiger partial charge on any atom is -0.497 e. The fourth-order valence-corrected chi connectivity index (χ4v) is 7.12. The van der Waals surface area contributed by atoms with E-state index in [0.29, 0.717) is 47.7 Å². The number of hydrogen-bond acceptors (Lipinski definition) is 5. The van der Waals surface area contributed by atoms with E-state index in [-0.39, 0.29) is 25.2 Å². The van der Waals surface area contributed by atoms with Gasteiger partial charge in [-0.05, 0) is 68.0 Å². The van der Waals surface area contributed by atoms with E-state index >= 15 is 0 Å². The van der Waals surface area contributed by atoms with Gasteiger partial charge in [0.2, 0.25) is 15.9 Å². The number of aromatic amines is 1. The smallest absolute Gasteiger partial charge is 0.246 e. The van der Waals surface area contributed by atoms with Gasteiger partial charge in [-0.25, -0.2) is 8.42 Å². The SMILES string of the molecule is COc1cc(C)c(S(=O)(=O)N2CCCCC2COCC(=O)NCCc2c[nH]c3ccccc23)c(C)c1. The van der Waals surface area contributed by atoms with Gasteiger partial charge in [-0.15, -0.1) is 0 Å². The lowest BCUT2D eigenvalue weighted by molar-refractivity contribution is -0.126. The summed E-state index contributed by atoms with van der Waals surface area (Å²) in [5, 5.41) is 4.05. The first kappa shape index (κ1) is 26.2. The molecule has 0 radical (unpaired) electrons. The summed E-state index contributed by atoms with van der Waals surface area (Å²) < 4.78 is 39.8. The molecule has 0 aliphatic carbocycles. The predicted octanol–water partition coefficient (Wildman–Crippen LogP) is 3.71. The van der Waals surface area contributed by atoms with E-state index in [0.717, 1.165) is 29.3 Å². The molecule has 3 aromatic rings. The lowest BCUT2D eigenvalue weighted by atomic mass is 10.1. The molecule has 2 aromatic carbocycles. The van der Waals surface area contributed by atoms with Crippen LogP contribution in [0.1, 0.15) is 36.0 Å². The van der Waals surface area contributed by atoms with Crippen molar-refractivity contribution in [2.24, 2.45) is 0 Å². The molecule has 1 aromatic heterocycles. The first-order valence-corrected chi connectivity index (χ1v) is 13.8. The number of carbonyl (C=O) groups is 1. The van der Waals surface area contributed by atoms with Crippen LogP contribution in [0.4, 0.5) is 0 Å². The van der Waals surface area contributed by atoms with E-state index in [9.17, 15) is 13.2 Å². The first-order valence-electron chi connectivity index (χ1n) is 12.4. The Morgan fingerprint density at radius 1 is 1.17 bits per heavy atom. The summed E-state index contributed by atoms with van der Waals surface area (Å²) in [6, 6.07) is 11.3. The fourth-order valence-electron chi connectivity index (χ4n) is 5.02. The van der Waals surface area contributed by atoms with Gasteiger partial charge in [0.1, 0.15) is 12.4 Å². The topological polar surface area (TPSA) is 101 Å². The number of benzene rings is 2. The highest BCUT2D eigenvalue weighted by Gasteiger charge is 2.35. The highest BCUT2D eigenvalue weighted by molar-refractivity contribution is 7.89. The Hall–Kier alpha value is -2.88. The Bertz CT molecular complexity index is 1290. The zero-order valence-corrected chi connectivity index (χ0v) is 22.0. The van der Waals surface area contributed by atoms with Gasteiger partial charge in [0, 0.05) is 36.2 Å². The summed E-state index contributed by atoms with van der Waals surface area (Å²) in [5.74, 6) is 0.431. The average Bonchev–Trinajstić information content (AvgIpc) is 3.26. The second-order valence-electron chi connectivity index (χ2n) is 9.33. The molecule has 1 aliphatic heterocycles. The molecular weight excluding hydrogens is 478 g/mol. The van der Waals surface area contributed by atoms with Crippen LogP contribution >= 0.6 is 0 Å². The number of ether oxygens (including phenoxy) is 2. The standard InChI is InChI=1S/C27H35N3O5S/c1-19-14-23(34-3)15-20(2)27(19)36(32,33)30-13-7-6-8-22(30)17-35-18-26(31)28-12-11-21-16-29-25-10-5-4-9-24(21)25/h4-5,9-10,14-16,22,29H,6-8,11-13,17-18H2,1-3H3,(H,28,31). The summed E-state index contributed by atoms with van der Waals surface area (Å²) in [5.41, 5.74) is 3.55. The monoisotopic (exact) mass is 513 g/mol. The van der Waals surface area contributed by atoms with Gasteiger partial charge in [0.15, 0.2) is 0 Å². The number of amides is 1. The Morgan fingerprint density at radius 3 is 2.67 bits per heavy atom. The molecule has 194 valence electrons. The maximum absolute atomic E-state index is 13.6. The number of rotatable bonds is 10. The number of hydrogen-bond donors (Lipinski definition) is 2. The number of aryl methyl sites for hydroxylation is 2. The van der Waals surface area contributed by atoms with E-state index in [2.05, 4.69) is 16.4 Å². The van der Waals surface area contributed by atoms with Crippen LogP contribution in [0.15, 0.2) is 47.5 Å². The molecule has 1 saturated heterocycles. The van der Waals surface area contributed by atoms with Crippen molar-refractivity contribution in [2.45, 2.75) is 50.5 Å². The Balaban J connectivity index is 1.31. The highest BCUT2D eigenvalue weighted by atomic mass is 32.2. The van der Waals surface area contributed by atoms with Crippen LogP contribution in [0.2, 0.25) is 0 Å². The van der Waals surface area contributed by atoms with Crippen LogP contribution in [0.25, 0.3) is 10.9 Å². The van der Waals surface area contributed by atoms with Crippen molar-refractivity contribution in [3.8, 4) is 5.75 Å². The minimum absolute atomic E-state index is 0.0983. The number of aromatic nitrogens is 1. The minimum atomic E-state index is -3.71. The molecule has 1 fully saturated rings. The fraction of sp³-hybridized carbons (Fsp3) is 0.444. The molecule has 1 unspecified atom stereocenters. The summed E-state index contributed by atoms with van der Waals surface area (Å²) >= 11 is 0. The quantitative estimate of drug-likeness (QED) is 0.430. The molecule has 0 saturated carbocycles. The van der Waals surface area contributed by atoms with E-state index in [1.807, 2.05) is 24.4 Å². The third kappa shape index (κ3) is 5.74. The zero-order valence-electron chi connectivity index (χ0n) is 21.2. The van der Waals surface area contributed by atoms with Crippen molar-refractivity contribution in [2.75, 3.05) is 33.4 Å². The summed E-state index contributed by atoms with van der Waals surface area (Å²) in [4.78, 5) is 15.9. The summed E-state index contributed by atoms with van der Waals surface area (Å²) in [6.45, 7) is 4.61. The third-order valence-corrected chi connectivity index (χ3v) is 9.00. The molecule has 36 heavy (non-hydrogen) atoms. The number of H-pyrrole nitrogens is 1. The van der Waals surface area contributed by atoms with Gasteiger partial charge in [0.25, 0.3) is 0 Å². The van der Waals surface area contributed by atoms with Gasteiger partial charge >= 0.3 is 0 Å². The largest absolute Gasteiger partial charge is 0.497 e. The molecular formula is C27H35N3O5S.